The van der Waals surface area contributed by atoms with Crippen LogP contribution < -0.4 is 9.46 Å². The van der Waals surface area contributed by atoms with Crippen molar-refractivity contribution in [1.29, 1.82) is 0 Å². The highest BCUT2D eigenvalue weighted by Gasteiger charge is 2.31. The fourth-order valence-corrected chi connectivity index (χ4v) is 5.69. The zero-order chi connectivity index (χ0) is 26.9. The van der Waals surface area contributed by atoms with E-state index in [1.165, 1.54) is 25.1 Å². The molecule has 2 fully saturated rings. The van der Waals surface area contributed by atoms with E-state index in [0.29, 0.717) is 22.9 Å². The molecule has 1 aliphatic carbocycles. The zero-order valence-corrected chi connectivity index (χ0v) is 23.0. The second kappa shape index (κ2) is 11.4. The maximum absolute atomic E-state index is 14.8. The van der Waals surface area contributed by atoms with Crippen molar-refractivity contribution in [2.75, 3.05) is 25.4 Å². The lowest BCUT2D eigenvalue weighted by molar-refractivity contribution is 0.0977. The Balaban J connectivity index is 1.39. The molecule has 1 heterocycles. The van der Waals surface area contributed by atoms with Crippen molar-refractivity contribution in [3.05, 3.63) is 62.6 Å². The lowest BCUT2D eigenvalue weighted by Crippen LogP contribution is -2.37. The molecule has 0 unspecified atom stereocenters. The van der Waals surface area contributed by atoms with E-state index in [1.807, 2.05) is 11.6 Å². The van der Waals surface area contributed by atoms with E-state index in [9.17, 15) is 22.0 Å². The first kappa shape index (κ1) is 28.1. The van der Waals surface area contributed by atoms with Crippen LogP contribution in [0.4, 0.5) is 8.78 Å². The number of piperidine rings is 1. The number of ether oxygens (including phenoxy) is 1. The molecule has 2 aromatic rings. The monoisotopic (exact) mass is 574 g/mol. The predicted molar refractivity (Wildman–Crippen MR) is 140 cm³/mol. The molecule has 1 N–H and O–H groups in total. The minimum atomic E-state index is -3.81. The normalized spacial score (nSPS) is 18.0. The number of nitrogens with zero attached hydrogens (tertiary/aromatic N) is 1. The van der Waals surface area contributed by atoms with Gasteiger partial charge in [0.05, 0.1) is 22.9 Å². The molecule has 4 rings (SSSR count). The van der Waals surface area contributed by atoms with Gasteiger partial charge in [-0.1, -0.05) is 23.2 Å². The van der Waals surface area contributed by atoms with Crippen LogP contribution in [0.15, 0.2) is 24.3 Å². The molecule has 1 saturated heterocycles. The first-order valence-corrected chi connectivity index (χ1v) is 14.8. The van der Waals surface area contributed by atoms with Crippen LogP contribution in [0.3, 0.4) is 0 Å². The van der Waals surface area contributed by atoms with Gasteiger partial charge in [0.1, 0.15) is 17.4 Å². The quantitative estimate of drug-likeness (QED) is 0.367. The highest BCUT2D eigenvalue weighted by Crippen LogP contribution is 2.45. The van der Waals surface area contributed by atoms with E-state index >= 15 is 0 Å². The molecular formula is C26H30Cl2F2N2O4S. The smallest absolute Gasteiger partial charge is 0.267 e. The Hall–Kier alpha value is -1.94. The van der Waals surface area contributed by atoms with Gasteiger partial charge in [-0.15, -0.1) is 0 Å². The van der Waals surface area contributed by atoms with Crippen LogP contribution >= 0.6 is 23.2 Å². The fraction of sp³-hybridized carbons (Fsp3) is 0.500. The van der Waals surface area contributed by atoms with E-state index in [4.69, 9.17) is 27.9 Å². The number of hydrogen-bond acceptors (Lipinski definition) is 5. The number of nitrogens with one attached hydrogen (secondary N) is 1. The Labute approximate surface area is 226 Å². The molecule has 0 bridgehead atoms. The second-order valence-electron chi connectivity index (χ2n) is 9.74. The first-order chi connectivity index (χ1) is 17.5. The van der Waals surface area contributed by atoms with Crippen LogP contribution in [-0.2, 0) is 10.0 Å². The third-order valence-corrected chi connectivity index (χ3v) is 8.88. The van der Waals surface area contributed by atoms with E-state index in [2.05, 4.69) is 4.90 Å². The average Bonchev–Trinajstić information content (AvgIpc) is 3.70. The summed E-state index contributed by atoms with van der Waals surface area (Å²) in [5.74, 6) is -1.77. The maximum atomic E-state index is 14.8. The van der Waals surface area contributed by atoms with Crippen LogP contribution in [0.1, 0.15) is 73.0 Å². The summed E-state index contributed by atoms with van der Waals surface area (Å²) in [4.78, 5) is 14.6. The van der Waals surface area contributed by atoms with E-state index in [-0.39, 0.29) is 34.2 Å². The molecule has 0 radical (unpaired) electrons. The van der Waals surface area contributed by atoms with Gasteiger partial charge < -0.3 is 4.74 Å². The number of halogens is 4. The van der Waals surface area contributed by atoms with E-state index < -0.39 is 27.6 Å². The standard InChI is InChI=1S/C26H30Cl2F2N2O4S/c1-3-37(34,35)31-26(33)21-12-20(17-4-5-17)24(13-23(21)29)36-14-16-6-8-32(9-7-16)15(2)19-10-18(27)11-22(28)25(19)30/h10-13,15-17H,3-9,14H2,1-2H3,(H,31,33)/t15-/m0/s1. The Morgan fingerprint density at radius 2 is 1.81 bits per heavy atom. The topological polar surface area (TPSA) is 75.7 Å². The molecule has 1 saturated carbocycles. The zero-order valence-electron chi connectivity index (χ0n) is 20.7. The van der Waals surface area contributed by atoms with Crippen molar-refractivity contribution in [3.63, 3.8) is 0 Å². The number of rotatable bonds is 9. The summed E-state index contributed by atoms with van der Waals surface area (Å²) >= 11 is 12.0. The van der Waals surface area contributed by atoms with Crippen LogP contribution in [0.5, 0.6) is 5.75 Å². The molecule has 2 aromatic carbocycles. The molecule has 0 spiro atoms. The maximum Gasteiger partial charge on any atom is 0.267 e. The summed E-state index contributed by atoms with van der Waals surface area (Å²) in [6.07, 6.45) is 3.43. The third-order valence-electron chi connectivity index (χ3n) is 7.13. The Morgan fingerprint density at radius 1 is 1.14 bits per heavy atom. The SMILES string of the molecule is CCS(=O)(=O)NC(=O)c1cc(C2CC2)c(OCC2CCN([C@@H](C)c3cc(Cl)cc(Cl)c3F)CC2)cc1F. The summed E-state index contributed by atoms with van der Waals surface area (Å²) in [7, 11) is -3.81. The summed E-state index contributed by atoms with van der Waals surface area (Å²) in [5.41, 5.74) is 0.884. The van der Waals surface area contributed by atoms with Crippen molar-refractivity contribution in [2.24, 2.45) is 5.92 Å². The van der Waals surface area contributed by atoms with Crippen LogP contribution in [-0.4, -0.2) is 44.7 Å². The van der Waals surface area contributed by atoms with Crippen LogP contribution in [0.2, 0.25) is 10.0 Å². The number of sulfonamides is 1. The molecule has 202 valence electrons. The predicted octanol–water partition coefficient (Wildman–Crippen LogP) is 6.08. The van der Waals surface area contributed by atoms with Gasteiger partial charge in [0, 0.05) is 22.7 Å². The van der Waals surface area contributed by atoms with Gasteiger partial charge in [-0.3, -0.25) is 9.69 Å². The Kier molecular flexibility index (Phi) is 8.68. The second-order valence-corrected chi connectivity index (χ2v) is 12.6. The van der Waals surface area contributed by atoms with E-state index in [0.717, 1.165) is 44.3 Å². The number of likely N-dealkylation sites (tertiary alicyclic amines) is 1. The third kappa shape index (κ3) is 6.74. The molecule has 37 heavy (non-hydrogen) atoms. The molecule has 0 aromatic heterocycles. The molecule has 2 aliphatic rings. The fourth-order valence-electron chi connectivity index (χ4n) is 4.64. The van der Waals surface area contributed by atoms with Crippen molar-refractivity contribution >= 4 is 39.1 Å². The van der Waals surface area contributed by atoms with Crippen LogP contribution in [0, 0.1) is 17.6 Å². The number of benzene rings is 2. The lowest BCUT2D eigenvalue weighted by atomic mass is 9.95. The molecular weight excluding hydrogens is 545 g/mol. The number of carbonyl (C=O) groups is 1. The van der Waals surface area contributed by atoms with Crippen molar-refractivity contribution in [3.8, 4) is 5.75 Å². The van der Waals surface area contributed by atoms with Crippen LogP contribution in [0.25, 0.3) is 0 Å². The number of hydrogen-bond donors (Lipinski definition) is 1. The lowest BCUT2D eigenvalue weighted by Gasteiger charge is -2.36. The first-order valence-electron chi connectivity index (χ1n) is 12.4. The average molecular weight is 576 g/mol. The molecule has 1 aliphatic heterocycles. The van der Waals surface area contributed by atoms with Gasteiger partial charge in [-0.2, -0.15) is 0 Å². The molecule has 6 nitrogen and oxygen atoms in total. The van der Waals surface area contributed by atoms with Gasteiger partial charge >= 0.3 is 0 Å². The van der Waals surface area contributed by atoms with Gasteiger partial charge in [-0.25, -0.2) is 21.9 Å². The summed E-state index contributed by atoms with van der Waals surface area (Å²) in [6, 6.07) is 5.41. The minimum Gasteiger partial charge on any atom is -0.493 e. The van der Waals surface area contributed by atoms with Gasteiger partial charge in [0.15, 0.2) is 0 Å². The number of carbonyl (C=O) groups excluding carboxylic acids is 1. The molecule has 11 heteroatoms. The summed E-state index contributed by atoms with van der Waals surface area (Å²) in [5, 5.41) is 0.401. The summed E-state index contributed by atoms with van der Waals surface area (Å²) < 4.78 is 60.8. The molecule has 1 atom stereocenters. The minimum absolute atomic E-state index is 0.00632. The highest BCUT2D eigenvalue weighted by molar-refractivity contribution is 7.90. The number of amides is 1. The van der Waals surface area contributed by atoms with Crippen molar-refractivity contribution in [2.45, 2.75) is 51.5 Å². The van der Waals surface area contributed by atoms with Crippen molar-refractivity contribution in [1.82, 2.24) is 9.62 Å². The molecule has 1 amide bonds. The van der Waals surface area contributed by atoms with E-state index in [1.54, 1.807) is 6.07 Å². The van der Waals surface area contributed by atoms with Crippen molar-refractivity contribution < 1.29 is 26.7 Å². The largest absolute Gasteiger partial charge is 0.493 e. The van der Waals surface area contributed by atoms with Gasteiger partial charge in [-0.05, 0) is 88.2 Å². The van der Waals surface area contributed by atoms with Gasteiger partial charge in [0.2, 0.25) is 10.0 Å². The summed E-state index contributed by atoms with van der Waals surface area (Å²) in [6.45, 7) is 5.17. The van der Waals surface area contributed by atoms with Gasteiger partial charge in [0.25, 0.3) is 5.91 Å². The highest BCUT2D eigenvalue weighted by atomic mass is 35.5. The Bertz CT molecular complexity index is 1280. The Morgan fingerprint density at radius 3 is 2.43 bits per heavy atom.